The molecule has 0 unspecified atom stereocenters. The highest BCUT2D eigenvalue weighted by atomic mass is 16.6. The Morgan fingerprint density at radius 1 is 1.21 bits per heavy atom. The van der Waals surface area contributed by atoms with Crippen molar-refractivity contribution < 1.29 is 24.2 Å². The van der Waals surface area contributed by atoms with Gasteiger partial charge in [-0.3, -0.25) is 9.59 Å². The maximum absolute atomic E-state index is 11.7. The fraction of sp³-hybridized carbons (Fsp3) is 0.769. The van der Waals surface area contributed by atoms with Gasteiger partial charge in [0.15, 0.2) is 5.78 Å². The Kier molecular flexibility index (Phi) is 6.52. The lowest BCUT2D eigenvalue weighted by Crippen LogP contribution is -2.44. The van der Waals surface area contributed by atoms with Crippen molar-refractivity contribution >= 4 is 17.8 Å². The lowest BCUT2D eigenvalue weighted by molar-refractivity contribution is -0.140. The van der Waals surface area contributed by atoms with E-state index in [0.717, 1.165) is 0 Å². The lowest BCUT2D eigenvalue weighted by atomic mass is 9.99. The third kappa shape index (κ3) is 9.04. The number of nitrogens with one attached hydrogen (secondary N) is 1. The second-order valence-electron chi connectivity index (χ2n) is 5.87. The van der Waals surface area contributed by atoms with Gasteiger partial charge in [-0.05, 0) is 33.1 Å². The molecule has 0 saturated heterocycles. The van der Waals surface area contributed by atoms with Gasteiger partial charge in [-0.15, -0.1) is 0 Å². The molecule has 0 bridgehead atoms. The van der Waals surface area contributed by atoms with Gasteiger partial charge >= 0.3 is 12.1 Å². The van der Waals surface area contributed by atoms with Gasteiger partial charge in [0.1, 0.15) is 12.0 Å². The molecule has 0 saturated carbocycles. The molecule has 2 N–H and O–H groups in total. The standard InChI is InChI=1S/C13H23NO5/c1-8(2)6-9(10(15)7-11(16)17)14-12(18)19-13(3,4)5/h8-9H,6-7H2,1-5H3,(H,14,18)(H,16,17)/t9-/m0/s1. The van der Waals surface area contributed by atoms with Crippen LogP contribution in [-0.4, -0.2) is 34.6 Å². The van der Waals surface area contributed by atoms with Crippen LogP contribution in [0.25, 0.3) is 0 Å². The second kappa shape index (κ2) is 7.11. The zero-order valence-electron chi connectivity index (χ0n) is 12.1. The van der Waals surface area contributed by atoms with Gasteiger partial charge in [-0.1, -0.05) is 13.8 Å². The SMILES string of the molecule is CC(C)C[C@H](NC(=O)OC(C)(C)C)C(=O)CC(=O)O. The fourth-order valence-corrected chi connectivity index (χ4v) is 1.46. The third-order valence-electron chi connectivity index (χ3n) is 2.11. The number of alkyl carbamates (subject to hydrolysis) is 1. The van der Waals surface area contributed by atoms with E-state index in [-0.39, 0.29) is 5.92 Å². The number of carbonyl (C=O) groups is 3. The molecule has 19 heavy (non-hydrogen) atoms. The Labute approximate surface area is 113 Å². The molecule has 1 amide bonds. The number of ether oxygens (including phenoxy) is 1. The number of amides is 1. The Bertz CT molecular complexity index is 343. The monoisotopic (exact) mass is 273 g/mol. The van der Waals surface area contributed by atoms with Crippen LogP contribution in [0.5, 0.6) is 0 Å². The third-order valence-corrected chi connectivity index (χ3v) is 2.11. The molecule has 0 aliphatic heterocycles. The molecule has 0 spiro atoms. The molecule has 0 aliphatic carbocycles. The minimum atomic E-state index is -1.20. The molecule has 0 radical (unpaired) electrons. The van der Waals surface area contributed by atoms with Crippen LogP contribution >= 0.6 is 0 Å². The van der Waals surface area contributed by atoms with Crippen LogP contribution in [0.15, 0.2) is 0 Å². The Morgan fingerprint density at radius 3 is 2.11 bits per heavy atom. The molecule has 110 valence electrons. The van der Waals surface area contributed by atoms with E-state index in [2.05, 4.69) is 5.32 Å². The van der Waals surface area contributed by atoms with Crippen LogP contribution in [0.4, 0.5) is 4.79 Å². The molecular weight excluding hydrogens is 250 g/mol. The topological polar surface area (TPSA) is 92.7 Å². The molecule has 0 aromatic rings. The minimum absolute atomic E-state index is 0.151. The highest BCUT2D eigenvalue weighted by Crippen LogP contribution is 2.10. The summed E-state index contributed by atoms with van der Waals surface area (Å²) in [4.78, 5) is 33.9. The van der Waals surface area contributed by atoms with Crippen molar-refractivity contribution in [1.82, 2.24) is 5.32 Å². The summed E-state index contributed by atoms with van der Waals surface area (Å²) in [6, 6.07) is -0.828. The maximum Gasteiger partial charge on any atom is 0.408 e. The molecule has 6 heteroatoms. The van der Waals surface area contributed by atoms with Gasteiger partial charge in [-0.2, -0.15) is 0 Å². The number of carboxylic acid groups (broad SMARTS) is 1. The summed E-state index contributed by atoms with van der Waals surface area (Å²) in [5.41, 5.74) is -0.664. The molecule has 0 aliphatic rings. The summed E-state index contributed by atoms with van der Waals surface area (Å²) in [6.45, 7) is 8.91. The molecule has 0 rings (SSSR count). The van der Waals surface area contributed by atoms with Crippen molar-refractivity contribution in [2.75, 3.05) is 0 Å². The Balaban J connectivity index is 4.63. The molecule has 0 heterocycles. The van der Waals surface area contributed by atoms with E-state index in [9.17, 15) is 14.4 Å². The summed E-state index contributed by atoms with van der Waals surface area (Å²) in [5.74, 6) is -1.57. The number of ketones is 1. The zero-order chi connectivity index (χ0) is 15.2. The summed E-state index contributed by atoms with van der Waals surface area (Å²) in [5, 5.41) is 11.1. The number of hydrogen-bond donors (Lipinski definition) is 2. The smallest absolute Gasteiger partial charge is 0.408 e. The van der Waals surface area contributed by atoms with Crippen LogP contribution < -0.4 is 5.32 Å². The number of carboxylic acids is 1. The fourth-order valence-electron chi connectivity index (χ4n) is 1.46. The van der Waals surface area contributed by atoms with Crippen molar-refractivity contribution in [2.45, 2.75) is 59.1 Å². The summed E-state index contributed by atoms with van der Waals surface area (Å²) >= 11 is 0. The first kappa shape index (κ1) is 17.4. The number of carbonyl (C=O) groups excluding carboxylic acids is 2. The van der Waals surface area contributed by atoms with E-state index in [1.54, 1.807) is 20.8 Å². The van der Waals surface area contributed by atoms with Crippen LogP contribution in [-0.2, 0) is 14.3 Å². The molecule has 0 aromatic carbocycles. The summed E-state index contributed by atoms with van der Waals surface area (Å²) in [7, 11) is 0. The van der Waals surface area contributed by atoms with E-state index in [1.165, 1.54) is 0 Å². The maximum atomic E-state index is 11.7. The second-order valence-corrected chi connectivity index (χ2v) is 5.87. The first-order valence-electron chi connectivity index (χ1n) is 6.25. The van der Waals surface area contributed by atoms with E-state index in [0.29, 0.717) is 6.42 Å². The van der Waals surface area contributed by atoms with Gasteiger partial charge in [0.25, 0.3) is 0 Å². The summed E-state index contributed by atoms with van der Waals surface area (Å²) in [6.07, 6.45) is -0.935. The normalized spacial score (nSPS) is 12.9. The van der Waals surface area contributed by atoms with Crippen LogP contribution in [0.1, 0.15) is 47.5 Å². The predicted molar refractivity (Wildman–Crippen MR) is 69.9 cm³/mol. The van der Waals surface area contributed by atoms with Crippen LogP contribution in [0.3, 0.4) is 0 Å². The van der Waals surface area contributed by atoms with Gasteiger partial charge in [0.05, 0.1) is 6.04 Å². The molecule has 6 nitrogen and oxygen atoms in total. The van der Waals surface area contributed by atoms with Crippen molar-refractivity contribution in [3.8, 4) is 0 Å². The number of aliphatic carboxylic acids is 1. The van der Waals surface area contributed by atoms with Gasteiger partial charge in [-0.25, -0.2) is 4.79 Å². The average molecular weight is 273 g/mol. The summed E-state index contributed by atoms with van der Waals surface area (Å²) < 4.78 is 5.06. The van der Waals surface area contributed by atoms with Crippen molar-refractivity contribution in [2.24, 2.45) is 5.92 Å². The first-order valence-corrected chi connectivity index (χ1v) is 6.25. The van der Waals surface area contributed by atoms with Crippen molar-refractivity contribution in [1.29, 1.82) is 0 Å². The van der Waals surface area contributed by atoms with Crippen LogP contribution in [0.2, 0.25) is 0 Å². The number of hydrogen-bond acceptors (Lipinski definition) is 4. The zero-order valence-corrected chi connectivity index (χ0v) is 12.1. The van der Waals surface area contributed by atoms with Crippen molar-refractivity contribution in [3.05, 3.63) is 0 Å². The molecule has 1 atom stereocenters. The average Bonchev–Trinajstić information content (AvgIpc) is 2.11. The quantitative estimate of drug-likeness (QED) is 0.722. The highest BCUT2D eigenvalue weighted by molar-refractivity contribution is 5.99. The molecule has 0 fully saturated rings. The number of rotatable bonds is 6. The van der Waals surface area contributed by atoms with E-state index in [1.807, 2.05) is 13.8 Å². The van der Waals surface area contributed by atoms with Gasteiger partial charge < -0.3 is 15.2 Å². The molecular formula is C13H23NO5. The van der Waals surface area contributed by atoms with Crippen molar-refractivity contribution in [3.63, 3.8) is 0 Å². The Hall–Kier alpha value is -1.59. The first-order chi connectivity index (χ1) is 8.51. The predicted octanol–water partition coefficient (Wildman–Crippen LogP) is 1.97. The Morgan fingerprint density at radius 2 is 1.74 bits per heavy atom. The number of Topliss-reactive ketones (excluding diaryl/α,β-unsaturated/α-hetero) is 1. The largest absolute Gasteiger partial charge is 0.481 e. The molecule has 0 aromatic heterocycles. The highest BCUT2D eigenvalue weighted by Gasteiger charge is 2.26. The van der Waals surface area contributed by atoms with E-state index >= 15 is 0 Å². The lowest BCUT2D eigenvalue weighted by Gasteiger charge is -2.23. The van der Waals surface area contributed by atoms with Gasteiger partial charge in [0.2, 0.25) is 0 Å². The van der Waals surface area contributed by atoms with Gasteiger partial charge in [0, 0.05) is 0 Å². The van der Waals surface area contributed by atoms with Crippen LogP contribution in [0, 0.1) is 5.92 Å². The minimum Gasteiger partial charge on any atom is -0.481 e. The van der Waals surface area contributed by atoms with E-state index < -0.39 is 35.9 Å². The van der Waals surface area contributed by atoms with E-state index in [4.69, 9.17) is 9.84 Å².